The van der Waals surface area contributed by atoms with E-state index in [4.69, 9.17) is 0 Å². The van der Waals surface area contributed by atoms with Crippen molar-refractivity contribution in [2.24, 2.45) is 0 Å². The van der Waals surface area contributed by atoms with Crippen LogP contribution >= 0.6 is 0 Å². The smallest absolute Gasteiger partial charge is 0.323 e. The van der Waals surface area contributed by atoms with Crippen molar-refractivity contribution in [3.05, 3.63) is 0 Å². The largest absolute Gasteiger partial charge is 0.338 e. The zero-order chi connectivity index (χ0) is 16.7. The molecule has 0 spiro atoms. The molecule has 1 fully saturated rings. The molecule has 0 saturated carbocycles. The van der Waals surface area contributed by atoms with Gasteiger partial charge in [-0.15, -0.1) is 0 Å². The van der Waals surface area contributed by atoms with Crippen molar-refractivity contribution in [2.75, 3.05) is 27.2 Å². The quantitative estimate of drug-likeness (QED) is 0.557. The first-order chi connectivity index (χ1) is 10.4. The predicted molar refractivity (Wildman–Crippen MR) is 82.1 cm³/mol. The van der Waals surface area contributed by atoms with Crippen LogP contribution in [0.2, 0.25) is 0 Å². The lowest BCUT2D eigenvalue weighted by atomic mass is 10.3. The van der Waals surface area contributed by atoms with E-state index < -0.39 is 12.3 Å². The summed E-state index contributed by atoms with van der Waals surface area (Å²) in [5.41, 5.74) is 0. The van der Waals surface area contributed by atoms with Gasteiger partial charge in [-0.25, -0.2) is 14.4 Å². The number of amides is 6. The average molecular weight is 314 g/mol. The lowest BCUT2D eigenvalue weighted by Gasteiger charge is -2.26. The molecular formula is C13H26N6O3. The minimum Gasteiger partial charge on any atom is -0.338 e. The molecule has 0 unspecified atom stereocenters. The highest BCUT2D eigenvalue weighted by atomic mass is 16.2. The fraction of sp³-hybridized carbons (Fsp3) is 0.769. The third-order valence-electron chi connectivity index (χ3n) is 3.37. The summed E-state index contributed by atoms with van der Waals surface area (Å²) >= 11 is 0. The number of nitrogens with one attached hydrogen (secondary N) is 4. The van der Waals surface area contributed by atoms with Crippen LogP contribution in [0.3, 0.4) is 0 Å². The molecule has 0 bridgehead atoms. The second-order valence-corrected chi connectivity index (χ2v) is 5.19. The number of carbonyl (C=O) groups is 3. The Labute approximate surface area is 130 Å². The van der Waals surface area contributed by atoms with Crippen molar-refractivity contribution in [1.29, 1.82) is 0 Å². The monoisotopic (exact) mass is 314 g/mol. The van der Waals surface area contributed by atoms with Gasteiger partial charge < -0.3 is 31.1 Å². The Morgan fingerprint density at radius 3 is 1.59 bits per heavy atom. The van der Waals surface area contributed by atoms with Crippen LogP contribution in [-0.2, 0) is 0 Å². The van der Waals surface area contributed by atoms with E-state index in [1.54, 1.807) is 14.1 Å². The van der Waals surface area contributed by atoms with Crippen LogP contribution in [0.1, 0.15) is 26.7 Å². The fourth-order valence-corrected chi connectivity index (χ4v) is 2.11. The van der Waals surface area contributed by atoms with Crippen LogP contribution in [0.25, 0.3) is 0 Å². The Hall–Kier alpha value is -2.19. The van der Waals surface area contributed by atoms with Crippen molar-refractivity contribution in [2.45, 2.75) is 39.0 Å². The molecule has 126 valence electrons. The minimum atomic E-state index is -0.637. The van der Waals surface area contributed by atoms with Crippen LogP contribution in [0.4, 0.5) is 14.4 Å². The SMILES string of the molecule is CCCNC(=O)N[C@H]1[C@H](NC(=O)NCCC)N(C)C(=O)N1C. The van der Waals surface area contributed by atoms with Gasteiger partial charge in [-0.3, -0.25) is 0 Å². The molecule has 9 nitrogen and oxygen atoms in total. The van der Waals surface area contributed by atoms with Crippen LogP contribution in [0.15, 0.2) is 0 Å². The van der Waals surface area contributed by atoms with Crippen molar-refractivity contribution < 1.29 is 14.4 Å². The zero-order valence-corrected chi connectivity index (χ0v) is 13.6. The molecule has 1 heterocycles. The van der Waals surface area contributed by atoms with Gasteiger partial charge in [0.05, 0.1) is 0 Å². The maximum absolute atomic E-state index is 12.0. The lowest BCUT2D eigenvalue weighted by Crippen LogP contribution is -2.59. The first-order valence-corrected chi connectivity index (χ1v) is 7.50. The molecule has 1 aliphatic rings. The highest BCUT2D eigenvalue weighted by Gasteiger charge is 2.43. The number of rotatable bonds is 6. The minimum absolute atomic E-state index is 0.276. The zero-order valence-electron chi connectivity index (χ0n) is 13.6. The van der Waals surface area contributed by atoms with Gasteiger partial charge in [0.15, 0.2) is 0 Å². The molecule has 0 aliphatic carbocycles. The summed E-state index contributed by atoms with van der Waals surface area (Å²) in [6, 6.07) is -1.02. The number of urea groups is 3. The predicted octanol–water partition coefficient (Wildman–Crippen LogP) is 0.0542. The molecular weight excluding hydrogens is 288 g/mol. The second kappa shape index (κ2) is 8.30. The number of nitrogens with zero attached hydrogens (tertiary/aromatic N) is 2. The number of likely N-dealkylation sites (N-methyl/N-ethyl adjacent to an activating group) is 2. The van der Waals surface area contributed by atoms with Gasteiger partial charge >= 0.3 is 18.1 Å². The van der Waals surface area contributed by atoms with Gasteiger partial charge in [-0.1, -0.05) is 13.8 Å². The average Bonchev–Trinajstić information content (AvgIpc) is 2.69. The van der Waals surface area contributed by atoms with Crippen LogP contribution in [0.5, 0.6) is 0 Å². The second-order valence-electron chi connectivity index (χ2n) is 5.19. The molecule has 0 aromatic heterocycles. The molecule has 0 radical (unpaired) electrons. The summed E-state index contributed by atoms with van der Waals surface area (Å²) in [5, 5.41) is 10.8. The number of carbonyl (C=O) groups excluding carboxylic acids is 3. The molecule has 9 heteroatoms. The Morgan fingerprint density at radius 2 is 1.27 bits per heavy atom. The van der Waals surface area contributed by atoms with Crippen LogP contribution in [0, 0.1) is 0 Å². The van der Waals surface area contributed by atoms with Gasteiger partial charge in [0.25, 0.3) is 0 Å². The van der Waals surface area contributed by atoms with Gasteiger partial charge in [0, 0.05) is 27.2 Å². The molecule has 1 rings (SSSR count). The van der Waals surface area contributed by atoms with Gasteiger partial charge in [-0.05, 0) is 12.8 Å². The highest BCUT2D eigenvalue weighted by Crippen LogP contribution is 2.16. The van der Waals surface area contributed by atoms with E-state index >= 15 is 0 Å². The highest BCUT2D eigenvalue weighted by molar-refractivity contribution is 5.82. The molecule has 4 N–H and O–H groups in total. The van der Waals surface area contributed by atoms with E-state index in [-0.39, 0.29) is 18.1 Å². The third-order valence-corrected chi connectivity index (χ3v) is 3.37. The summed E-state index contributed by atoms with van der Waals surface area (Å²) in [6.45, 7) is 4.98. The fourth-order valence-electron chi connectivity index (χ4n) is 2.11. The topological polar surface area (TPSA) is 106 Å². The van der Waals surface area contributed by atoms with E-state index in [2.05, 4.69) is 21.3 Å². The van der Waals surface area contributed by atoms with Crippen molar-refractivity contribution in [3.8, 4) is 0 Å². The Bertz CT molecular complexity index is 381. The standard InChI is InChI=1S/C13H26N6O3/c1-5-7-14-11(20)16-9-10(17-12(21)15-8-6-2)19(4)13(22)18(9)3/h9-10H,5-8H2,1-4H3,(H2,14,16,20)(H2,15,17,21)/t9-,10-/m1/s1. The van der Waals surface area contributed by atoms with Crippen molar-refractivity contribution in [1.82, 2.24) is 31.1 Å². The van der Waals surface area contributed by atoms with Gasteiger partial charge in [-0.2, -0.15) is 0 Å². The number of hydrogen-bond acceptors (Lipinski definition) is 3. The summed E-state index contributed by atoms with van der Waals surface area (Å²) in [7, 11) is 3.16. The maximum atomic E-state index is 12.0. The van der Waals surface area contributed by atoms with E-state index in [9.17, 15) is 14.4 Å². The lowest BCUT2D eigenvalue weighted by molar-refractivity contribution is 0.194. The normalized spacial score (nSPS) is 20.8. The number of hydrogen-bond donors (Lipinski definition) is 4. The Kier molecular flexibility index (Phi) is 6.74. The summed E-state index contributed by atoms with van der Waals surface area (Å²) < 4.78 is 0. The summed E-state index contributed by atoms with van der Waals surface area (Å²) in [4.78, 5) is 38.4. The van der Waals surface area contributed by atoms with E-state index in [1.165, 1.54) is 9.80 Å². The van der Waals surface area contributed by atoms with E-state index in [0.29, 0.717) is 13.1 Å². The third kappa shape index (κ3) is 4.40. The van der Waals surface area contributed by atoms with Crippen LogP contribution < -0.4 is 21.3 Å². The Morgan fingerprint density at radius 1 is 0.909 bits per heavy atom. The molecule has 6 amide bonds. The molecule has 2 atom stereocenters. The van der Waals surface area contributed by atoms with Crippen molar-refractivity contribution in [3.63, 3.8) is 0 Å². The van der Waals surface area contributed by atoms with Gasteiger partial charge in [0.1, 0.15) is 12.3 Å². The summed E-state index contributed by atoms with van der Waals surface area (Å²) in [6.07, 6.45) is 0.352. The first kappa shape index (κ1) is 17.9. The van der Waals surface area contributed by atoms with E-state index in [1.807, 2.05) is 13.8 Å². The molecule has 1 aliphatic heterocycles. The summed E-state index contributed by atoms with van der Waals surface area (Å²) in [5.74, 6) is 0. The molecule has 0 aromatic carbocycles. The first-order valence-electron chi connectivity index (χ1n) is 7.50. The molecule has 22 heavy (non-hydrogen) atoms. The molecule has 1 saturated heterocycles. The van der Waals surface area contributed by atoms with Gasteiger partial charge in [0.2, 0.25) is 0 Å². The van der Waals surface area contributed by atoms with Crippen LogP contribution in [-0.4, -0.2) is 67.4 Å². The molecule has 0 aromatic rings. The maximum Gasteiger partial charge on any atom is 0.323 e. The van der Waals surface area contributed by atoms with E-state index in [0.717, 1.165) is 12.8 Å². The Balaban J connectivity index is 2.70. The van der Waals surface area contributed by atoms with Crippen molar-refractivity contribution >= 4 is 18.1 Å².